The maximum absolute atomic E-state index is 10.6. The molecule has 1 N–H and O–H groups in total. The highest BCUT2D eigenvalue weighted by Crippen LogP contribution is 2.29. The van der Waals surface area contributed by atoms with Gasteiger partial charge in [0.15, 0.2) is 0 Å². The van der Waals surface area contributed by atoms with Gasteiger partial charge in [-0.2, -0.15) is 0 Å². The van der Waals surface area contributed by atoms with Crippen molar-refractivity contribution in [3.8, 4) is 0 Å². The lowest BCUT2D eigenvalue weighted by atomic mass is 9.95. The summed E-state index contributed by atoms with van der Waals surface area (Å²) in [6, 6.07) is 0. The van der Waals surface area contributed by atoms with Crippen molar-refractivity contribution in [3.63, 3.8) is 0 Å². The number of aliphatic carboxylic acids is 1. The van der Waals surface area contributed by atoms with Gasteiger partial charge in [0.25, 0.3) is 0 Å². The lowest BCUT2D eigenvalue weighted by Crippen LogP contribution is -2.17. The molecule has 0 atom stereocenters. The van der Waals surface area contributed by atoms with Crippen molar-refractivity contribution in [3.05, 3.63) is 17.2 Å². The molecule has 0 amide bonds. The summed E-state index contributed by atoms with van der Waals surface area (Å²) in [6.07, 6.45) is 2.69. The fourth-order valence-corrected chi connectivity index (χ4v) is 2.69. The van der Waals surface area contributed by atoms with E-state index in [4.69, 9.17) is 9.84 Å². The van der Waals surface area contributed by atoms with Gasteiger partial charge in [0.2, 0.25) is 0 Å². The molecule has 2 heterocycles. The summed E-state index contributed by atoms with van der Waals surface area (Å²) in [6.45, 7) is 3.62. The van der Waals surface area contributed by atoms with Gasteiger partial charge in [-0.05, 0) is 19.8 Å². The Balaban J connectivity index is 2.17. The van der Waals surface area contributed by atoms with Gasteiger partial charge >= 0.3 is 5.97 Å². The molecule has 0 spiro atoms. The molecule has 0 bridgehead atoms. The molecule has 0 saturated carbocycles. The largest absolute Gasteiger partial charge is 0.481 e. The van der Waals surface area contributed by atoms with E-state index >= 15 is 0 Å². The van der Waals surface area contributed by atoms with Crippen molar-refractivity contribution in [2.45, 2.75) is 38.5 Å². The zero-order valence-electron chi connectivity index (χ0n) is 11.0. The van der Waals surface area contributed by atoms with E-state index in [0.717, 1.165) is 37.6 Å². The van der Waals surface area contributed by atoms with Crippen LogP contribution in [0.2, 0.25) is 0 Å². The second-order valence-electron chi connectivity index (χ2n) is 4.84. The molecule has 0 aliphatic carbocycles. The van der Waals surface area contributed by atoms with Gasteiger partial charge in [-0.1, -0.05) is 0 Å². The lowest BCUT2D eigenvalue weighted by Gasteiger charge is -2.23. The smallest absolute Gasteiger partial charge is 0.303 e. The number of hydrogen-bond donors (Lipinski definition) is 1. The minimum Gasteiger partial charge on any atom is -0.481 e. The third-order valence-corrected chi connectivity index (χ3v) is 3.59. The average Bonchev–Trinajstić information content (AvgIpc) is 2.63. The Kier molecular flexibility index (Phi) is 4.01. The lowest BCUT2D eigenvalue weighted by molar-refractivity contribution is -0.137. The average molecular weight is 252 g/mol. The summed E-state index contributed by atoms with van der Waals surface area (Å²) in [7, 11) is 1.99. The molecule has 5 nitrogen and oxygen atoms in total. The zero-order valence-corrected chi connectivity index (χ0v) is 11.0. The SMILES string of the molecule is Cc1nc(CCC(=O)O)n(C)c1C1CCOCC1. The summed E-state index contributed by atoms with van der Waals surface area (Å²) < 4.78 is 7.46. The van der Waals surface area contributed by atoms with Crippen LogP contribution in [0, 0.1) is 6.92 Å². The fraction of sp³-hybridized carbons (Fsp3) is 0.692. The second-order valence-corrected chi connectivity index (χ2v) is 4.84. The standard InChI is InChI=1S/C13H20N2O3/c1-9-13(10-5-7-18-8-6-10)15(2)11(14-9)3-4-12(16)17/h10H,3-8H2,1-2H3,(H,16,17). The van der Waals surface area contributed by atoms with Crippen LogP contribution in [0.5, 0.6) is 0 Å². The summed E-state index contributed by atoms with van der Waals surface area (Å²) in [4.78, 5) is 15.1. The third-order valence-electron chi connectivity index (χ3n) is 3.59. The maximum Gasteiger partial charge on any atom is 0.303 e. The molecule has 1 aromatic rings. The number of aryl methyl sites for hydroxylation is 2. The number of aromatic nitrogens is 2. The van der Waals surface area contributed by atoms with Crippen LogP contribution in [0.4, 0.5) is 0 Å². The van der Waals surface area contributed by atoms with Crippen LogP contribution in [0.1, 0.15) is 42.4 Å². The molecule has 0 unspecified atom stereocenters. The summed E-state index contributed by atoms with van der Waals surface area (Å²) in [5, 5.41) is 8.74. The van der Waals surface area contributed by atoms with E-state index in [1.165, 1.54) is 5.69 Å². The topological polar surface area (TPSA) is 64.3 Å². The van der Waals surface area contributed by atoms with Gasteiger partial charge in [-0.15, -0.1) is 0 Å². The van der Waals surface area contributed by atoms with E-state index in [-0.39, 0.29) is 6.42 Å². The van der Waals surface area contributed by atoms with Crippen LogP contribution in [-0.2, 0) is 23.0 Å². The van der Waals surface area contributed by atoms with E-state index in [0.29, 0.717) is 12.3 Å². The van der Waals surface area contributed by atoms with Crippen LogP contribution in [-0.4, -0.2) is 33.8 Å². The number of ether oxygens (including phenoxy) is 1. The van der Waals surface area contributed by atoms with E-state index in [2.05, 4.69) is 9.55 Å². The van der Waals surface area contributed by atoms with Gasteiger partial charge < -0.3 is 14.4 Å². The Morgan fingerprint density at radius 2 is 2.17 bits per heavy atom. The zero-order chi connectivity index (χ0) is 13.1. The molecule has 5 heteroatoms. The summed E-state index contributed by atoms with van der Waals surface area (Å²) in [5.74, 6) is 0.592. The Labute approximate surface area is 107 Å². The monoisotopic (exact) mass is 252 g/mol. The predicted molar refractivity (Wildman–Crippen MR) is 66.7 cm³/mol. The Morgan fingerprint density at radius 1 is 1.50 bits per heavy atom. The van der Waals surface area contributed by atoms with Crippen molar-refractivity contribution >= 4 is 5.97 Å². The van der Waals surface area contributed by atoms with Crippen LogP contribution in [0.15, 0.2) is 0 Å². The second kappa shape index (κ2) is 5.52. The molecule has 2 rings (SSSR count). The van der Waals surface area contributed by atoms with Gasteiger partial charge in [0.05, 0.1) is 12.1 Å². The minimum atomic E-state index is -0.775. The highest BCUT2D eigenvalue weighted by Gasteiger charge is 2.23. The van der Waals surface area contributed by atoms with Crippen LogP contribution in [0.3, 0.4) is 0 Å². The highest BCUT2D eigenvalue weighted by molar-refractivity contribution is 5.66. The van der Waals surface area contributed by atoms with E-state index < -0.39 is 5.97 Å². The van der Waals surface area contributed by atoms with Crippen molar-refractivity contribution in [2.75, 3.05) is 13.2 Å². The molecular formula is C13H20N2O3. The van der Waals surface area contributed by atoms with Crippen LogP contribution >= 0.6 is 0 Å². The summed E-state index contributed by atoms with van der Waals surface area (Å²) in [5.41, 5.74) is 2.28. The number of carbonyl (C=O) groups is 1. The Bertz CT molecular complexity index is 434. The number of nitrogens with zero attached hydrogens (tertiary/aromatic N) is 2. The van der Waals surface area contributed by atoms with Crippen LogP contribution < -0.4 is 0 Å². The first-order valence-electron chi connectivity index (χ1n) is 6.41. The molecule has 18 heavy (non-hydrogen) atoms. The van der Waals surface area contributed by atoms with E-state index in [1.807, 2.05) is 14.0 Å². The minimum absolute atomic E-state index is 0.136. The highest BCUT2D eigenvalue weighted by atomic mass is 16.5. The van der Waals surface area contributed by atoms with Gasteiger partial charge in [-0.25, -0.2) is 4.98 Å². The Morgan fingerprint density at radius 3 is 2.78 bits per heavy atom. The number of imidazole rings is 1. The van der Waals surface area contributed by atoms with Gasteiger partial charge in [-0.3, -0.25) is 4.79 Å². The predicted octanol–water partition coefficient (Wildman–Crippen LogP) is 1.64. The van der Waals surface area contributed by atoms with E-state index in [9.17, 15) is 4.79 Å². The van der Waals surface area contributed by atoms with Crippen LogP contribution in [0.25, 0.3) is 0 Å². The van der Waals surface area contributed by atoms with Crippen molar-refractivity contribution in [2.24, 2.45) is 7.05 Å². The fourth-order valence-electron chi connectivity index (χ4n) is 2.69. The van der Waals surface area contributed by atoms with Gasteiger partial charge in [0.1, 0.15) is 5.82 Å². The number of hydrogen-bond acceptors (Lipinski definition) is 3. The molecule has 1 aromatic heterocycles. The molecule has 1 saturated heterocycles. The molecule has 0 radical (unpaired) electrons. The molecule has 1 fully saturated rings. The first-order valence-corrected chi connectivity index (χ1v) is 6.41. The number of rotatable bonds is 4. The Hall–Kier alpha value is -1.36. The maximum atomic E-state index is 10.6. The molecular weight excluding hydrogens is 232 g/mol. The van der Waals surface area contributed by atoms with Crippen molar-refractivity contribution in [1.29, 1.82) is 0 Å². The first kappa shape index (κ1) is 13.1. The van der Waals surface area contributed by atoms with Gasteiger partial charge in [0, 0.05) is 38.3 Å². The summed E-state index contributed by atoms with van der Waals surface area (Å²) >= 11 is 0. The third kappa shape index (κ3) is 2.72. The van der Waals surface area contributed by atoms with Crippen molar-refractivity contribution < 1.29 is 14.6 Å². The quantitative estimate of drug-likeness (QED) is 0.884. The number of carboxylic acid groups (broad SMARTS) is 1. The first-order chi connectivity index (χ1) is 8.59. The normalized spacial score (nSPS) is 17.0. The molecule has 1 aliphatic heterocycles. The number of carboxylic acids is 1. The van der Waals surface area contributed by atoms with Crippen molar-refractivity contribution in [1.82, 2.24) is 9.55 Å². The molecule has 1 aliphatic rings. The molecule has 100 valence electrons. The molecule has 0 aromatic carbocycles. The van der Waals surface area contributed by atoms with E-state index in [1.54, 1.807) is 0 Å².